The van der Waals surface area contributed by atoms with Crippen LogP contribution in [-0.2, 0) is 11.4 Å². The predicted molar refractivity (Wildman–Crippen MR) is 125 cm³/mol. The molecule has 0 aromatic heterocycles. The highest BCUT2D eigenvalue weighted by Crippen LogP contribution is 2.29. The Morgan fingerprint density at radius 1 is 1.07 bits per heavy atom. The number of methoxy groups -OCH3 is 1. The molecule has 154 valence electrons. The summed E-state index contributed by atoms with van der Waals surface area (Å²) in [6, 6.07) is 18.7. The standard InChI is InChI=1S/C24H21BrClNO3/c1-16-3-10-21(20(25)13-16)27-24(28)12-7-17-6-11-22(23(14-17)29-2)30-15-18-4-8-19(26)9-5-18/h3-14H,15H2,1-2H3,(H,27,28)/b12-7+. The molecule has 30 heavy (non-hydrogen) atoms. The van der Waals surface area contributed by atoms with Gasteiger partial charge in [0.05, 0.1) is 12.8 Å². The van der Waals surface area contributed by atoms with E-state index < -0.39 is 0 Å². The highest BCUT2D eigenvalue weighted by atomic mass is 79.9. The van der Waals surface area contributed by atoms with Crippen molar-refractivity contribution in [1.29, 1.82) is 0 Å². The topological polar surface area (TPSA) is 47.6 Å². The number of halogens is 2. The van der Waals surface area contributed by atoms with Gasteiger partial charge in [-0.2, -0.15) is 0 Å². The second-order valence-corrected chi connectivity index (χ2v) is 7.92. The van der Waals surface area contributed by atoms with E-state index in [0.29, 0.717) is 23.1 Å². The summed E-state index contributed by atoms with van der Waals surface area (Å²) >= 11 is 9.36. The summed E-state index contributed by atoms with van der Waals surface area (Å²) in [5.41, 5.74) is 3.66. The van der Waals surface area contributed by atoms with Crippen molar-refractivity contribution in [2.24, 2.45) is 0 Å². The van der Waals surface area contributed by atoms with Crippen molar-refractivity contribution in [2.45, 2.75) is 13.5 Å². The van der Waals surface area contributed by atoms with Crippen LogP contribution < -0.4 is 14.8 Å². The number of anilines is 1. The maximum Gasteiger partial charge on any atom is 0.248 e. The zero-order chi connectivity index (χ0) is 21.5. The first-order valence-corrected chi connectivity index (χ1v) is 10.4. The fourth-order valence-corrected chi connectivity index (χ4v) is 3.43. The Balaban J connectivity index is 1.64. The number of nitrogens with one attached hydrogen (secondary N) is 1. The van der Waals surface area contributed by atoms with Gasteiger partial charge in [0.2, 0.25) is 5.91 Å². The average Bonchev–Trinajstić information content (AvgIpc) is 2.74. The van der Waals surface area contributed by atoms with E-state index in [1.807, 2.05) is 67.6 Å². The fraction of sp³-hybridized carbons (Fsp3) is 0.125. The van der Waals surface area contributed by atoms with Crippen molar-refractivity contribution in [3.8, 4) is 11.5 Å². The van der Waals surface area contributed by atoms with Crippen LogP contribution >= 0.6 is 27.5 Å². The molecule has 4 nitrogen and oxygen atoms in total. The minimum atomic E-state index is -0.221. The SMILES string of the molecule is COc1cc(/C=C/C(=O)Nc2ccc(C)cc2Br)ccc1OCc1ccc(Cl)cc1. The maximum absolute atomic E-state index is 12.2. The quantitative estimate of drug-likeness (QED) is 0.380. The number of hydrogen-bond acceptors (Lipinski definition) is 3. The Kier molecular flexibility index (Phi) is 7.55. The van der Waals surface area contributed by atoms with Gasteiger partial charge < -0.3 is 14.8 Å². The van der Waals surface area contributed by atoms with Crippen molar-refractivity contribution in [2.75, 3.05) is 12.4 Å². The van der Waals surface area contributed by atoms with Crippen LogP contribution in [0.3, 0.4) is 0 Å². The minimum Gasteiger partial charge on any atom is -0.493 e. The highest BCUT2D eigenvalue weighted by molar-refractivity contribution is 9.10. The molecule has 0 aliphatic carbocycles. The van der Waals surface area contributed by atoms with E-state index in [4.69, 9.17) is 21.1 Å². The van der Waals surface area contributed by atoms with E-state index in [-0.39, 0.29) is 5.91 Å². The molecule has 0 saturated heterocycles. The third-order valence-corrected chi connectivity index (χ3v) is 5.21. The lowest BCUT2D eigenvalue weighted by Gasteiger charge is -2.11. The van der Waals surface area contributed by atoms with Crippen LogP contribution in [0.25, 0.3) is 6.08 Å². The Morgan fingerprint density at radius 3 is 2.53 bits per heavy atom. The molecule has 6 heteroatoms. The van der Waals surface area contributed by atoms with Gasteiger partial charge in [0, 0.05) is 15.6 Å². The van der Waals surface area contributed by atoms with Crippen molar-refractivity contribution < 1.29 is 14.3 Å². The maximum atomic E-state index is 12.2. The van der Waals surface area contributed by atoms with Crippen molar-refractivity contribution in [3.63, 3.8) is 0 Å². The Hall–Kier alpha value is -2.76. The zero-order valence-corrected chi connectivity index (χ0v) is 19.0. The fourth-order valence-electron chi connectivity index (χ4n) is 2.72. The van der Waals surface area contributed by atoms with E-state index in [2.05, 4.69) is 21.2 Å². The number of benzene rings is 3. The first-order valence-electron chi connectivity index (χ1n) is 9.25. The molecule has 3 aromatic rings. The summed E-state index contributed by atoms with van der Waals surface area (Å²) in [4.78, 5) is 12.2. The third-order valence-electron chi connectivity index (χ3n) is 4.30. The van der Waals surface area contributed by atoms with Crippen molar-refractivity contribution in [3.05, 3.63) is 92.9 Å². The molecule has 3 aromatic carbocycles. The summed E-state index contributed by atoms with van der Waals surface area (Å²) in [6.07, 6.45) is 3.21. The van der Waals surface area contributed by atoms with Crippen molar-refractivity contribution >= 4 is 45.2 Å². The molecule has 0 saturated carbocycles. The number of carbonyl (C=O) groups is 1. The zero-order valence-electron chi connectivity index (χ0n) is 16.6. The molecule has 0 aliphatic heterocycles. The molecule has 3 rings (SSSR count). The number of rotatable bonds is 7. The number of aryl methyl sites for hydroxylation is 1. The molecule has 0 unspecified atom stereocenters. The van der Waals surface area contributed by atoms with Crippen molar-refractivity contribution in [1.82, 2.24) is 0 Å². The van der Waals surface area contributed by atoms with Gasteiger partial charge in [-0.1, -0.05) is 35.9 Å². The lowest BCUT2D eigenvalue weighted by Crippen LogP contribution is -2.08. The van der Waals surface area contributed by atoms with Gasteiger partial charge in [-0.3, -0.25) is 4.79 Å². The Morgan fingerprint density at radius 2 is 1.83 bits per heavy atom. The molecular weight excluding hydrogens is 466 g/mol. The monoisotopic (exact) mass is 485 g/mol. The van der Waals surface area contributed by atoms with E-state index in [0.717, 1.165) is 26.9 Å². The Labute approximate surface area is 189 Å². The van der Waals surface area contributed by atoms with E-state index in [1.165, 1.54) is 6.08 Å². The van der Waals surface area contributed by atoms with E-state index in [1.54, 1.807) is 13.2 Å². The van der Waals surface area contributed by atoms with Gasteiger partial charge in [-0.05, 0) is 82.0 Å². The summed E-state index contributed by atoms with van der Waals surface area (Å²) < 4.78 is 12.1. The predicted octanol–water partition coefficient (Wildman–Crippen LogP) is 6.65. The molecule has 0 radical (unpaired) electrons. The number of amides is 1. The van der Waals surface area contributed by atoms with Gasteiger partial charge in [-0.15, -0.1) is 0 Å². The van der Waals surface area contributed by atoms with Crippen LogP contribution in [0.15, 0.2) is 71.2 Å². The molecule has 0 bridgehead atoms. The van der Waals surface area contributed by atoms with Crippen LogP contribution in [-0.4, -0.2) is 13.0 Å². The lowest BCUT2D eigenvalue weighted by atomic mass is 10.2. The van der Waals surface area contributed by atoms with Crippen LogP contribution in [0.4, 0.5) is 5.69 Å². The van der Waals surface area contributed by atoms with Gasteiger partial charge >= 0.3 is 0 Å². The molecule has 0 heterocycles. The molecule has 0 aliphatic rings. The number of ether oxygens (including phenoxy) is 2. The summed E-state index contributed by atoms with van der Waals surface area (Å²) in [5, 5.41) is 3.54. The largest absolute Gasteiger partial charge is 0.493 e. The molecular formula is C24H21BrClNO3. The molecule has 1 N–H and O–H groups in total. The van der Waals surface area contributed by atoms with E-state index in [9.17, 15) is 4.79 Å². The van der Waals surface area contributed by atoms with Gasteiger partial charge in [0.1, 0.15) is 6.61 Å². The average molecular weight is 487 g/mol. The Bertz CT molecular complexity index is 1060. The highest BCUT2D eigenvalue weighted by Gasteiger charge is 2.07. The number of carbonyl (C=O) groups excluding carboxylic acids is 1. The second kappa shape index (κ2) is 10.3. The van der Waals surface area contributed by atoms with Gasteiger partial charge in [0.15, 0.2) is 11.5 Å². The van der Waals surface area contributed by atoms with Crippen LogP contribution in [0.2, 0.25) is 5.02 Å². The molecule has 0 spiro atoms. The van der Waals surface area contributed by atoms with Crippen LogP contribution in [0, 0.1) is 6.92 Å². The normalized spacial score (nSPS) is 10.8. The van der Waals surface area contributed by atoms with Crippen LogP contribution in [0.5, 0.6) is 11.5 Å². The summed E-state index contributed by atoms with van der Waals surface area (Å²) in [7, 11) is 1.58. The molecule has 1 amide bonds. The van der Waals surface area contributed by atoms with Crippen LogP contribution in [0.1, 0.15) is 16.7 Å². The second-order valence-electron chi connectivity index (χ2n) is 6.63. The minimum absolute atomic E-state index is 0.221. The molecule has 0 atom stereocenters. The summed E-state index contributed by atoms with van der Waals surface area (Å²) in [5.74, 6) is 0.993. The van der Waals surface area contributed by atoms with E-state index >= 15 is 0 Å². The smallest absolute Gasteiger partial charge is 0.248 e. The van der Waals surface area contributed by atoms with Gasteiger partial charge in [0.25, 0.3) is 0 Å². The molecule has 0 fully saturated rings. The van der Waals surface area contributed by atoms with Gasteiger partial charge in [-0.25, -0.2) is 0 Å². The third kappa shape index (κ3) is 6.12. The lowest BCUT2D eigenvalue weighted by molar-refractivity contribution is -0.111. The number of hydrogen-bond donors (Lipinski definition) is 1. The first kappa shape index (κ1) is 21.9. The first-order chi connectivity index (χ1) is 14.4. The summed E-state index contributed by atoms with van der Waals surface area (Å²) in [6.45, 7) is 2.39.